The minimum absolute atomic E-state index is 0.0604. The molecule has 4 rings (SSSR count). The molecule has 0 saturated carbocycles. The summed E-state index contributed by atoms with van der Waals surface area (Å²) in [7, 11) is 0. The Kier molecular flexibility index (Phi) is 5.10. The monoisotopic (exact) mass is 436 g/mol. The number of urea groups is 1. The van der Waals surface area contributed by atoms with Crippen LogP contribution in [0.15, 0.2) is 72.4 Å². The molecule has 10 heteroatoms. The van der Waals surface area contributed by atoms with Crippen LogP contribution in [0.2, 0.25) is 5.02 Å². The van der Waals surface area contributed by atoms with Crippen molar-refractivity contribution in [3.63, 3.8) is 0 Å². The van der Waals surface area contributed by atoms with E-state index in [-0.39, 0.29) is 16.9 Å². The fourth-order valence-electron chi connectivity index (χ4n) is 3.11. The van der Waals surface area contributed by atoms with Gasteiger partial charge in [-0.2, -0.15) is 0 Å². The van der Waals surface area contributed by atoms with Gasteiger partial charge in [0.15, 0.2) is 0 Å². The lowest BCUT2D eigenvalue weighted by Crippen LogP contribution is -2.54. The SMILES string of the molecule is O=C1NC(=O)N(c2ccc(Cl)cc2)C(=O)/C1=C/c1cccn1-c1ccc([N+](=O)[O-])cc1. The largest absolute Gasteiger partial charge is 0.335 e. The first-order chi connectivity index (χ1) is 14.8. The van der Waals surface area contributed by atoms with Crippen LogP contribution < -0.4 is 10.2 Å². The first-order valence-corrected chi connectivity index (χ1v) is 9.32. The summed E-state index contributed by atoms with van der Waals surface area (Å²) in [6, 6.07) is 14.3. The van der Waals surface area contributed by atoms with Crippen molar-refractivity contribution >= 4 is 46.9 Å². The summed E-state index contributed by atoms with van der Waals surface area (Å²) >= 11 is 5.86. The summed E-state index contributed by atoms with van der Waals surface area (Å²) in [5.41, 5.74) is 1.02. The Balaban J connectivity index is 1.71. The molecule has 1 aliphatic heterocycles. The summed E-state index contributed by atoms with van der Waals surface area (Å²) in [5.74, 6) is -1.61. The van der Waals surface area contributed by atoms with Gasteiger partial charge in [0.2, 0.25) is 0 Å². The highest BCUT2D eigenvalue weighted by atomic mass is 35.5. The maximum Gasteiger partial charge on any atom is 0.335 e. The number of nitro benzene ring substituents is 1. The molecule has 0 atom stereocenters. The van der Waals surface area contributed by atoms with E-state index in [4.69, 9.17) is 11.6 Å². The number of amides is 4. The van der Waals surface area contributed by atoms with Gasteiger partial charge in [-0.25, -0.2) is 9.69 Å². The molecule has 0 aliphatic carbocycles. The zero-order valence-corrected chi connectivity index (χ0v) is 16.4. The van der Waals surface area contributed by atoms with Crippen LogP contribution in [0.4, 0.5) is 16.2 Å². The van der Waals surface area contributed by atoms with Gasteiger partial charge in [0.1, 0.15) is 5.57 Å². The molecule has 9 nitrogen and oxygen atoms in total. The van der Waals surface area contributed by atoms with E-state index in [0.29, 0.717) is 16.4 Å². The second-order valence-corrected chi connectivity index (χ2v) is 6.95. The van der Waals surface area contributed by atoms with Crippen molar-refractivity contribution in [3.05, 3.63) is 93.3 Å². The van der Waals surface area contributed by atoms with Gasteiger partial charge in [-0.1, -0.05) is 11.6 Å². The average Bonchev–Trinajstić information content (AvgIpc) is 3.20. The maximum atomic E-state index is 13.0. The van der Waals surface area contributed by atoms with Crippen molar-refractivity contribution in [2.24, 2.45) is 0 Å². The van der Waals surface area contributed by atoms with Gasteiger partial charge >= 0.3 is 6.03 Å². The predicted octanol–water partition coefficient (Wildman–Crippen LogP) is 3.71. The van der Waals surface area contributed by atoms with Crippen LogP contribution in [0.1, 0.15) is 5.69 Å². The first kappa shape index (κ1) is 20.0. The summed E-state index contributed by atoms with van der Waals surface area (Å²) < 4.78 is 1.65. The van der Waals surface area contributed by atoms with Gasteiger partial charge in [0, 0.05) is 34.7 Å². The highest BCUT2D eigenvalue weighted by Crippen LogP contribution is 2.25. The van der Waals surface area contributed by atoms with Crippen LogP contribution in [0.25, 0.3) is 11.8 Å². The topological polar surface area (TPSA) is 115 Å². The number of aromatic nitrogens is 1. The minimum atomic E-state index is -0.861. The third-order valence-electron chi connectivity index (χ3n) is 4.60. The van der Waals surface area contributed by atoms with Crippen LogP contribution in [0.3, 0.4) is 0 Å². The average molecular weight is 437 g/mol. The van der Waals surface area contributed by atoms with Gasteiger partial charge in [-0.15, -0.1) is 0 Å². The van der Waals surface area contributed by atoms with Crippen LogP contribution in [0, 0.1) is 10.1 Å². The Bertz CT molecular complexity index is 1250. The molecular formula is C21H13ClN4O5. The van der Waals surface area contributed by atoms with E-state index < -0.39 is 22.8 Å². The fourth-order valence-corrected chi connectivity index (χ4v) is 3.24. The molecule has 0 spiro atoms. The predicted molar refractivity (Wildman–Crippen MR) is 113 cm³/mol. The molecule has 2 aromatic carbocycles. The number of nitro groups is 1. The standard InChI is InChI=1S/C21H13ClN4O5/c22-13-3-5-15(6-4-13)25-20(28)18(19(27)23-21(25)29)12-17-2-1-11-24(17)14-7-9-16(10-8-14)26(30)31/h1-12H,(H,23,27,29)/b18-12+. The molecule has 3 aromatic rings. The van der Waals surface area contributed by atoms with E-state index in [1.165, 1.54) is 42.5 Å². The molecule has 1 N–H and O–H groups in total. The Hall–Kier alpha value is -4.24. The van der Waals surface area contributed by atoms with E-state index in [2.05, 4.69) is 5.32 Å². The summed E-state index contributed by atoms with van der Waals surface area (Å²) in [6.45, 7) is 0. The molecule has 2 heterocycles. The zero-order chi connectivity index (χ0) is 22.1. The molecule has 1 saturated heterocycles. The highest BCUT2D eigenvalue weighted by Gasteiger charge is 2.37. The number of hydrogen-bond acceptors (Lipinski definition) is 5. The number of imide groups is 2. The van der Waals surface area contributed by atoms with E-state index in [1.54, 1.807) is 35.0 Å². The molecule has 1 aromatic heterocycles. The van der Waals surface area contributed by atoms with Crippen molar-refractivity contribution in [1.82, 2.24) is 9.88 Å². The number of benzene rings is 2. The van der Waals surface area contributed by atoms with Crippen molar-refractivity contribution in [1.29, 1.82) is 0 Å². The minimum Gasteiger partial charge on any atom is -0.317 e. The van der Waals surface area contributed by atoms with E-state index in [0.717, 1.165) is 4.90 Å². The number of non-ortho nitro benzene ring substituents is 1. The number of anilines is 1. The van der Waals surface area contributed by atoms with Gasteiger partial charge in [-0.3, -0.25) is 25.0 Å². The van der Waals surface area contributed by atoms with Gasteiger partial charge < -0.3 is 4.57 Å². The van der Waals surface area contributed by atoms with Gasteiger partial charge in [-0.05, 0) is 54.6 Å². The number of halogens is 1. The fraction of sp³-hybridized carbons (Fsp3) is 0. The van der Waals surface area contributed by atoms with Crippen LogP contribution in [-0.2, 0) is 9.59 Å². The Morgan fingerprint density at radius 1 is 0.935 bits per heavy atom. The molecular weight excluding hydrogens is 424 g/mol. The van der Waals surface area contributed by atoms with Crippen molar-refractivity contribution in [2.45, 2.75) is 0 Å². The molecule has 154 valence electrons. The molecule has 1 aliphatic rings. The Labute approximate surface area is 180 Å². The second-order valence-electron chi connectivity index (χ2n) is 6.51. The summed E-state index contributed by atoms with van der Waals surface area (Å²) in [5, 5.41) is 13.4. The molecule has 0 radical (unpaired) electrons. The van der Waals surface area contributed by atoms with E-state index >= 15 is 0 Å². The van der Waals surface area contributed by atoms with E-state index in [1.807, 2.05) is 0 Å². The van der Waals surface area contributed by atoms with Gasteiger partial charge in [0.25, 0.3) is 17.5 Å². The maximum absolute atomic E-state index is 13.0. The van der Waals surface area contributed by atoms with Crippen molar-refractivity contribution < 1.29 is 19.3 Å². The lowest BCUT2D eigenvalue weighted by Gasteiger charge is -2.26. The number of carbonyl (C=O) groups is 3. The van der Waals surface area contributed by atoms with Crippen molar-refractivity contribution in [2.75, 3.05) is 4.90 Å². The number of nitrogens with one attached hydrogen (secondary N) is 1. The summed E-state index contributed by atoms with van der Waals surface area (Å²) in [6.07, 6.45) is 3.04. The highest BCUT2D eigenvalue weighted by molar-refractivity contribution is 6.39. The van der Waals surface area contributed by atoms with E-state index in [9.17, 15) is 24.5 Å². The normalized spacial score (nSPS) is 15.3. The molecule has 31 heavy (non-hydrogen) atoms. The molecule has 1 fully saturated rings. The number of barbiturate groups is 1. The number of carbonyl (C=O) groups excluding carboxylic acids is 3. The first-order valence-electron chi connectivity index (χ1n) is 8.94. The van der Waals surface area contributed by atoms with Crippen LogP contribution in [0.5, 0.6) is 0 Å². The number of rotatable bonds is 4. The van der Waals surface area contributed by atoms with Crippen LogP contribution in [-0.4, -0.2) is 27.3 Å². The second kappa shape index (κ2) is 7.88. The summed E-state index contributed by atoms with van der Waals surface area (Å²) in [4.78, 5) is 48.9. The Morgan fingerprint density at radius 3 is 2.23 bits per heavy atom. The lowest BCUT2D eigenvalue weighted by molar-refractivity contribution is -0.384. The zero-order valence-electron chi connectivity index (χ0n) is 15.7. The Morgan fingerprint density at radius 2 is 1.58 bits per heavy atom. The molecule has 0 unspecified atom stereocenters. The molecule has 4 amide bonds. The quantitative estimate of drug-likeness (QED) is 0.290. The smallest absolute Gasteiger partial charge is 0.317 e. The third kappa shape index (κ3) is 3.81. The van der Waals surface area contributed by atoms with Crippen molar-refractivity contribution in [3.8, 4) is 5.69 Å². The lowest BCUT2D eigenvalue weighted by atomic mass is 10.1. The molecule has 0 bridgehead atoms. The number of nitrogens with zero attached hydrogens (tertiary/aromatic N) is 3. The van der Waals surface area contributed by atoms with Gasteiger partial charge in [0.05, 0.1) is 10.6 Å². The number of hydrogen-bond donors (Lipinski definition) is 1. The van der Waals surface area contributed by atoms with Crippen LogP contribution >= 0.6 is 11.6 Å². The third-order valence-corrected chi connectivity index (χ3v) is 4.85.